The van der Waals surface area contributed by atoms with Gasteiger partial charge in [-0.25, -0.2) is 4.79 Å². The average Bonchev–Trinajstić information content (AvgIpc) is 2.75. The fraction of sp³-hybridized carbons (Fsp3) is 0.846. The first-order chi connectivity index (χ1) is 15.3. The number of ether oxygens (including phenoxy) is 1. The predicted octanol–water partition coefficient (Wildman–Crippen LogP) is 5.34. The molecule has 1 amide bonds. The lowest BCUT2D eigenvalue weighted by atomic mass is 10.1. The van der Waals surface area contributed by atoms with Crippen molar-refractivity contribution in [3.8, 4) is 0 Å². The van der Waals surface area contributed by atoms with Crippen molar-refractivity contribution in [2.45, 2.75) is 116 Å². The van der Waals surface area contributed by atoms with Crippen LogP contribution in [0, 0.1) is 0 Å². The van der Waals surface area contributed by atoms with E-state index in [1.165, 1.54) is 82.5 Å². The second-order valence-electron chi connectivity index (χ2n) is 9.09. The van der Waals surface area contributed by atoms with Crippen LogP contribution in [0.15, 0.2) is 12.2 Å². The molecular formula is C26H50N2O4. The second kappa shape index (κ2) is 20.2. The lowest BCUT2D eigenvalue weighted by Gasteiger charge is -2.27. The zero-order chi connectivity index (χ0) is 24.1. The molecule has 1 atom stereocenters. The summed E-state index contributed by atoms with van der Waals surface area (Å²) in [6.45, 7) is 4.30. The lowest BCUT2D eigenvalue weighted by molar-refractivity contribution is -0.180. The minimum Gasteiger partial charge on any atom is -0.462 e. The average molecular weight is 455 g/mol. The lowest BCUT2D eigenvalue weighted by Crippen LogP contribution is -2.49. The summed E-state index contributed by atoms with van der Waals surface area (Å²) in [6, 6.07) is 0. The number of esters is 1. The van der Waals surface area contributed by atoms with Crippen molar-refractivity contribution in [3.05, 3.63) is 12.2 Å². The van der Waals surface area contributed by atoms with E-state index in [0.29, 0.717) is 19.4 Å². The normalized spacial score (nSPS) is 13.4. The third-order valence-corrected chi connectivity index (χ3v) is 5.80. The monoisotopic (exact) mass is 454 g/mol. The summed E-state index contributed by atoms with van der Waals surface area (Å²) >= 11 is 0. The van der Waals surface area contributed by atoms with Crippen LogP contribution in [0.2, 0.25) is 0 Å². The van der Waals surface area contributed by atoms with Gasteiger partial charge in [-0.2, -0.15) is 0 Å². The van der Waals surface area contributed by atoms with Gasteiger partial charge in [-0.05, 0) is 59.5 Å². The zero-order valence-electron chi connectivity index (χ0n) is 21.3. The molecule has 0 aromatic rings. The second-order valence-corrected chi connectivity index (χ2v) is 9.09. The Morgan fingerprint density at radius 2 is 1.41 bits per heavy atom. The van der Waals surface area contributed by atoms with Gasteiger partial charge in [-0.15, -0.1) is 0 Å². The number of unbranched alkanes of at least 4 members (excludes halogenated alkanes) is 11. The van der Waals surface area contributed by atoms with Gasteiger partial charge in [0.05, 0.1) is 6.61 Å². The molecule has 6 heteroatoms. The van der Waals surface area contributed by atoms with Crippen LogP contribution in [0.25, 0.3) is 0 Å². The first kappa shape index (κ1) is 30.6. The van der Waals surface area contributed by atoms with Gasteiger partial charge in [0.1, 0.15) is 0 Å². The quantitative estimate of drug-likeness (QED) is 0.106. The van der Waals surface area contributed by atoms with Gasteiger partial charge in [-0.1, -0.05) is 70.4 Å². The van der Waals surface area contributed by atoms with Gasteiger partial charge < -0.3 is 15.2 Å². The van der Waals surface area contributed by atoms with Crippen molar-refractivity contribution in [2.75, 3.05) is 27.2 Å². The molecule has 2 N–H and O–H groups in total. The minimum absolute atomic E-state index is 0.0502. The van der Waals surface area contributed by atoms with Gasteiger partial charge in [-0.3, -0.25) is 9.69 Å². The standard InChI is InChI=1S/C26H50N2O4/c1-5-6-7-8-9-10-11-12-13-14-15-16-17-18-19-21-24(29)27-22-20-23-32-25(30)26(2,31)28(3)4/h12-13,31H,5-11,14-23H2,1-4H3,(H,27,29)/b13-12-. The highest BCUT2D eigenvalue weighted by molar-refractivity contribution is 5.78. The summed E-state index contributed by atoms with van der Waals surface area (Å²) < 4.78 is 5.05. The van der Waals surface area contributed by atoms with Gasteiger partial charge in [0.25, 0.3) is 0 Å². The fourth-order valence-electron chi connectivity index (χ4n) is 3.23. The molecule has 0 saturated heterocycles. The first-order valence-corrected chi connectivity index (χ1v) is 12.8. The topological polar surface area (TPSA) is 78.9 Å². The first-order valence-electron chi connectivity index (χ1n) is 12.8. The number of nitrogens with one attached hydrogen (secondary N) is 1. The minimum atomic E-state index is -1.63. The number of hydrogen-bond acceptors (Lipinski definition) is 5. The number of carbonyl (C=O) groups is 2. The van der Waals surface area contributed by atoms with E-state index in [2.05, 4.69) is 24.4 Å². The van der Waals surface area contributed by atoms with Crippen LogP contribution >= 0.6 is 0 Å². The highest BCUT2D eigenvalue weighted by atomic mass is 16.6. The molecule has 6 nitrogen and oxygen atoms in total. The molecule has 0 fully saturated rings. The number of hydrogen-bond donors (Lipinski definition) is 2. The summed E-state index contributed by atoms with van der Waals surface area (Å²) in [5.41, 5.74) is -1.63. The van der Waals surface area contributed by atoms with Gasteiger partial charge in [0, 0.05) is 13.0 Å². The highest BCUT2D eigenvalue weighted by Crippen LogP contribution is 2.10. The van der Waals surface area contributed by atoms with Crippen LogP contribution in [-0.2, 0) is 14.3 Å². The Hall–Kier alpha value is -1.40. The Labute approximate surface area is 197 Å². The van der Waals surface area contributed by atoms with Crippen molar-refractivity contribution in [1.29, 1.82) is 0 Å². The van der Waals surface area contributed by atoms with E-state index in [4.69, 9.17) is 4.74 Å². The third kappa shape index (κ3) is 17.2. The molecule has 1 unspecified atom stereocenters. The van der Waals surface area contributed by atoms with Crippen molar-refractivity contribution in [2.24, 2.45) is 0 Å². The molecule has 0 rings (SSSR count). The largest absolute Gasteiger partial charge is 0.462 e. The van der Waals surface area contributed by atoms with Crippen molar-refractivity contribution >= 4 is 11.9 Å². The number of nitrogens with zero attached hydrogens (tertiary/aromatic N) is 1. The maximum absolute atomic E-state index is 11.8. The van der Waals surface area contributed by atoms with E-state index in [9.17, 15) is 14.7 Å². The molecule has 0 heterocycles. The Bertz CT molecular complexity index is 504. The molecular weight excluding hydrogens is 404 g/mol. The third-order valence-electron chi connectivity index (χ3n) is 5.80. The maximum atomic E-state index is 11.8. The molecule has 188 valence electrons. The predicted molar refractivity (Wildman–Crippen MR) is 132 cm³/mol. The molecule has 0 spiro atoms. The van der Waals surface area contributed by atoms with Gasteiger partial charge in [0.15, 0.2) is 0 Å². The number of amides is 1. The molecule has 0 saturated carbocycles. The van der Waals surface area contributed by atoms with Crippen LogP contribution < -0.4 is 5.32 Å². The van der Waals surface area contributed by atoms with Crippen molar-refractivity contribution < 1.29 is 19.4 Å². The molecule has 0 aliphatic rings. The van der Waals surface area contributed by atoms with E-state index >= 15 is 0 Å². The smallest absolute Gasteiger partial charge is 0.353 e. The Morgan fingerprint density at radius 1 is 0.875 bits per heavy atom. The maximum Gasteiger partial charge on any atom is 0.353 e. The molecule has 0 radical (unpaired) electrons. The van der Waals surface area contributed by atoms with Gasteiger partial charge in [0.2, 0.25) is 11.6 Å². The van der Waals surface area contributed by atoms with Crippen molar-refractivity contribution in [1.82, 2.24) is 10.2 Å². The Balaban J connectivity index is 3.43. The number of likely N-dealkylation sites (N-methyl/N-ethyl adjacent to an activating group) is 1. The SMILES string of the molecule is CCCCCCCC/C=C\CCCCCCCC(=O)NCCCOC(=O)C(C)(O)N(C)C. The molecule has 32 heavy (non-hydrogen) atoms. The van der Waals surface area contributed by atoms with E-state index in [0.717, 1.165) is 12.8 Å². The van der Waals surface area contributed by atoms with Crippen LogP contribution in [0.5, 0.6) is 0 Å². The summed E-state index contributed by atoms with van der Waals surface area (Å²) in [5.74, 6) is -0.628. The van der Waals surface area contributed by atoms with E-state index in [1.807, 2.05) is 0 Å². The van der Waals surface area contributed by atoms with Gasteiger partial charge >= 0.3 is 5.97 Å². The molecule has 0 aliphatic heterocycles. The molecule has 0 aliphatic carbocycles. The van der Waals surface area contributed by atoms with Crippen LogP contribution in [0.3, 0.4) is 0 Å². The highest BCUT2D eigenvalue weighted by Gasteiger charge is 2.34. The molecule has 0 aromatic heterocycles. The summed E-state index contributed by atoms with van der Waals surface area (Å²) in [4.78, 5) is 25.0. The van der Waals surface area contributed by atoms with Crippen LogP contribution in [0.1, 0.15) is 110 Å². The number of allylic oxidation sites excluding steroid dienone is 2. The summed E-state index contributed by atoms with van der Waals surface area (Å²) in [7, 11) is 3.22. The Morgan fingerprint density at radius 3 is 1.97 bits per heavy atom. The number of carbonyl (C=O) groups excluding carboxylic acids is 2. The van der Waals surface area contributed by atoms with E-state index < -0.39 is 11.7 Å². The van der Waals surface area contributed by atoms with Crippen molar-refractivity contribution in [3.63, 3.8) is 0 Å². The van der Waals surface area contributed by atoms with Crippen LogP contribution in [-0.4, -0.2) is 54.9 Å². The molecule has 0 bridgehead atoms. The van der Waals surface area contributed by atoms with E-state index in [1.54, 1.807) is 14.1 Å². The fourth-order valence-corrected chi connectivity index (χ4v) is 3.23. The number of rotatable bonds is 21. The van der Waals surface area contributed by atoms with E-state index in [-0.39, 0.29) is 12.5 Å². The number of aliphatic hydroxyl groups is 1. The van der Waals surface area contributed by atoms with Crippen LogP contribution in [0.4, 0.5) is 0 Å². The molecule has 0 aromatic carbocycles. The Kier molecular flexibility index (Phi) is 19.3. The summed E-state index contributed by atoms with van der Waals surface area (Å²) in [5, 5.41) is 12.8. The summed E-state index contributed by atoms with van der Waals surface area (Å²) in [6.07, 6.45) is 22.0. The zero-order valence-corrected chi connectivity index (χ0v) is 21.3.